The Morgan fingerprint density at radius 2 is 1.88 bits per heavy atom. The number of piperidine rings is 1. The van der Waals surface area contributed by atoms with Crippen LogP contribution in [0.5, 0.6) is 5.75 Å². The number of carbonyl (C=O) groups is 1. The average molecular weight is 557 g/mol. The predicted molar refractivity (Wildman–Crippen MR) is 165 cm³/mol. The van der Waals surface area contributed by atoms with E-state index in [1.165, 1.54) is 11.1 Å². The predicted octanol–water partition coefficient (Wildman–Crippen LogP) is 5.43. The number of allylic oxidation sites excluding steroid dienone is 3. The summed E-state index contributed by atoms with van der Waals surface area (Å²) in [6.45, 7) is 12.6. The number of rotatable bonds is 13. The van der Waals surface area contributed by atoms with E-state index in [-0.39, 0.29) is 11.6 Å². The molecule has 2 aromatic carbocycles. The lowest BCUT2D eigenvalue weighted by Gasteiger charge is -2.32. The smallest absolute Gasteiger partial charge is 0.355 e. The van der Waals surface area contributed by atoms with Crippen LogP contribution in [-0.4, -0.2) is 53.7 Å². The molecule has 7 heteroatoms. The van der Waals surface area contributed by atoms with Gasteiger partial charge in [0.15, 0.2) is 5.70 Å². The van der Waals surface area contributed by atoms with Gasteiger partial charge in [-0.25, -0.2) is 4.79 Å². The molecule has 2 heterocycles. The van der Waals surface area contributed by atoms with E-state index in [1.54, 1.807) is 24.3 Å². The summed E-state index contributed by atoms with van der Waals surface area (Å²) in [6, 6.07) is 17.5. The van der Waals surface area contributed by atoms with Crippen LogP contribution in [0.15, 0.2) is 96.6 Å². The first-order chi connectivity index (χ1) is 19.8. The van der Waals surface area contributed by atoms with E-state index in [1.807, 2.05) is 26.0 Å². The van der Waals surface area contributed by atoms with E-state index in [2.05, 4.69) is 70.6 Å². The summed E-state index contributed by atoms with van der Waals surface area (Å²) >= 11 is 0. The molecule has 0 amide bonds. The van der Waals surface area contributed by atoms with E-state index in [0.717, 1.165) is 56.8 Å². The molecule has 0 atom stereocenters. The summed E-state index contributed by atoms with van der Waals surface area (Å²) in [5, 5.41) is 17.0. The molecule has 0 saturated carbocycles. The fraction of sp³-hybridized carbons (Fsp3) is 0.382. The van der Waals surface area contributed by atoms with Crippen LogP contribution >= 0.6 is 0 Å². The fourth-order valence-electron chi connectivity index (χ4n) is 5.24. The summed E-state index contributed by atoms with van der Waals surface area (Å²) in [5.74, 6) is 0.0745. The second-order valence-corrected chi connectivity index (χ2v) is 11.1. The molecule has 2 aromatic rings. The maximum atomic E-state index is 12.2. The maximum Gasteiger partial charge on any atom is 0.355 e. The van der Waals surface area contributed by atoms with Gasteiger partial charge in [0.2, 0.25) is 0 Å². The van der Waals surface area contributed by atoms with Crippen molar-refractivity contribution in [2.75, 3.05) is 26.7 Å². The van der Waals surface area contributed by atoms with Crippen molar-refractivity contribution < 1.29 is 14.6 Å². The normalized spacial score (nSPS) is 16.7. The third-order valence-electron chi connectivity index (χ3n) is 7.57. The minimum Gasteiger partial charge on any atom is -0.496 e. The van der Waals surface area contributed by atoms with Crippen LogP contribution in [0, 0.1) is 5.92 Å². The molecule has 0 aliphatic carbocycles. The Morgan fingerprint density at radius 1 is 1.12 bits per heavy atom. The Hall–Kier alpha value is -3.81. The van der Waals surface area contributed by atoms with Crippen molar-refractivity contribution in [3.8, 4) is 5.75 Å². The van der Waals surface area contributed by atoms with Gasteiger partial charge in [0.1, 0.15) is 5.75 Å². The first kappa shape index (κ1) is 30.2. The minimum atomic E-state index is -1.01. The van der Waals surface area contributed by atoms with Gasteiger partial charge in [-0.15, -0.1) is 0 Å². The second kappa shape index (κ2) is 14.7. The number of aliphatic carboxylic acids is 1. The van der Waals surface area contributed by atoms with Gasteiger partial charge < -0.3 is 25.4 Å². The van der Waals surface area contributed by atoms with Crippen LogP contribution < -0.4 is 15.4 Å². The Labute approximate surface area is 244 Å². The quantitative estimate of drug-likeness (QED) is 0.304. The molecule has 0 spiro atoms. The Balaban J connectivity index is 1.31. The van der Waals surface area contributed by atoms with Crippen LogP contribution in [-0.2, 0) is 24.3 Å². The van der Waals surface area contributed by atoms with Crippen molar-refractivity contribution in [3.05, 3.63) is 113 Å². The summed E-state index contributed by atoms with van der Waals surface area (Å²) < 4.78 is 5.74. The fourth-order valence-corrected chi connectivity index (χ4v) is 5.24. The highest BCUT2D eigenvalue weighted by atomic mass is 16.5. The van der Waals surface area contributed by atoms with Crippen LogP contribution in [0.2, 0.25) is 0 Å². The average Bonchev–Trinajstić information content (AvgIpc) is 2.97. The highest BCUT2D eigenvalue weighted by Gasteiger charge is 2.24. The molecule has 2 aliphatic heterocycles. The number of nitrogens with zero attached hydrogens (tertiary/aromatic N) is 2. The lowest BCUT2D eigenvalue weighted by Crippen LogP contribution is -2.42. The second-order valence-electron chi connectivity index (χ2n) is 11.1. The first-order valence-corrected chi connectivity index (χ1v) is 14.6. The van der Waals surface area contributed by atoms with Crippen molar-refractivity contribution in [1.29, 1.82) is 0 Å². The zero-order valence-electron chi connectivity index (χ0n) is 24.6. The molecule has 0 unspecified atom stereocenters. The molecule has 3 N–H and O–H groups in total. The molecule has 1 saturated heterocycles. The van der Waals surface area contributed by atoms with Gasteiger partial charge in [0, 0.05) is 36.6 Å². The minimum absolute atomic E-state index is 0.156. The SMILES string of the molecule is C=C1C=CC(NCc2ccc(CN3CCC(NCCc4ccccc4)CC3)cc2OC)=C(C(=O)O)N1/C=C\C(C)C. The third kappa shape index (κ3) is 8.59. The molecular formula is C34H44N4O3. The lowest BCUT2D eigenvalue weighted by molar-refractivity contribution is -0.134. The number of benzene rings is 2. The molecule has 2 aliphatic rings. The van der Waals surface area contributed by atoms with Crippen molar-refractivity contribution >= 4 is 5.97 Å². The number of ether oxygens (including phenoxy) is 1. The molecule has 7 nitrogen and oxygen atoms in total. The number of methoxy groups -OCH3 is 1. The van der Waals surface area contributed by atoms with Crippen LogP contribution in [0.1, 0.15) is 43.4 Å². The number of carboxylic acid groups (broad SMARTS) is 1. The lowest BCUT2D eigenvalue weighted by atomic mass is 10.0. The van der Waals surface area contributed by atoms with Gasteiger partial charge in [-0.3, -0.25) is 4.90 Å². The van der Waals surface area contributed by atoms with E-state index in [9.17, 15) is 9.90 Å². The molecule has 218 valence electrons. The number of likely N-dealkylation sites (tertiary alicyclic amines) is 1. The summed E-state index contributed by atoms with van der Waals surface area (Å²) in [7, 11) is 1.68. The summed E-state index contributed by atoms with van der Waals surface area (Å²) in [5.41, 5.74) is 4.86. The van der Waals surface area contributed by atoms with Crippen molar-refractivity contribution in [2.45, 2.75) is 52.2 Å². The zero-order chi connectivity index (χ0) is 29.2. The molecule has 0 aromatic heterocycles. The number of hydrogen-bond donors (Lipinski definition) is 3. The maximum absolute atomic E-state index is 12.2. The van der Waals surface area contributed by atoms with Gasteiger partial charge in [-0.1, -0.05) is 69.0 Å². The van der Waals surface area contributed by atoms with Gasteiger partial charge in [0.25, 0.3) is 0 Å². The third-order valence-corrected chi connectivity index (χ3v) is 7.57. The molecule has 41 heavy (non-hydrogen) atoms. The highest BCUT2D eigenvalue weighted by Crippen LogP contribution is 2.26. The van der Waals surface area contributed by atoms with E-state index < -0.39 is 5.97 Å². The van der Waals surface area contributed by atoms with Gasteiger partial charge in [-0.05, 0) is 74.2 Å². The van der Waals surface area contributed by atoms with Crippen molar-refractivity contribution in [1.82, 2.24) is 20.4 Å². The Kier molecular flexibility index (Phi) is 10.8. The van der Waals surface area contributed by atoms with Crippen molar-refractivity contribution in [3.63, 3.8) is 0 Å². The van der Waals surface area contributed by atoms with Crippen LogP contribution in [0.4, 0.5) is 0 Å². The summed E-state index contributed by atoms with van der Waals surface area (Å²) in [4.78, 5) is 16.3. The first-order valence-electron chi connectivity index (χ1n) is 14.6. The van der Waals surface area contributed by atoms with Gasteiger partial charge in [-0.2, -0.15) is 0 Å². The van der Waals surface area contributed by atoms with E-state index in [4.69, 9.17) is 4.74 Å². The molecule has 0 radical (unpaired) electrons. The molecule has 0 bridgehead atoms. The van der Waals surface area contributed by atoms with Gasteiger partial charge in [0.05, 0.1) is 12.8 Å². The Bertz CT molecular complexity index is 1270. The Morgan fingerprint density at radius 3 is 2.56 bits per heavy atom. The largest absolute Gasteiger partial charge is 0.496 e. The number of carboxylic acids is 1. The number of hydrogen-bond acceptors (Lipinski definition) is 6. The molecule has 1 fully saturated rings. The summed E-state index contributed by atoms with van der Waals surface area (Å²) in [6.07, 6.45) is 10.7. The standard InChI is InChI=1S/C34H44N4O3/c1-25(2)15-21-38-26(3)10-13-31(33(38)34(39)40)36-23-29-12-11-28(22-32(29)41-4)24-37-19-16-30(17-20-37)35-18-14-27-8-6-5-7-9-27/h5-13,15,21-22,25,30,35-36H,3,14,16-20,23-24H2,1-2,4H3,(H,39,40)/b21-15-. The topological polar surface area (TPSA) is 77.1 Å². The monoisotopic (exact) mass is 556 g/mol. The molecular weight excluding hydrogens is 512 g/mol. The van der Waals surface area contributed by atoms with Crippen LogP contribution in [0.25, 0.3) is 0 Å². The van der Waals surface area contributed by atoms with Crippen LogP contribution in [0.3, 0.4) is 0 Å². The van der Waals surface area contributed by atoms with Gasteiger partial charge >= 0.3 is 5.97 Å². The molecule has 4 rings (SSSR count). The van der Waals surface area contributed by atoms with E-state index in [0.29, 0.717) is 24.0 Å². The highest BCUT2D eigenvalue weighted by molar-refractivity contribution is 5.88. The number of nitrogens with one attached hydrogen (secondary N) is 2. The van der Waals surface area contributed by atoms with E-state index >= 15 is 0 Å². The van der Waals surface area contributed by atoms with Crippen molar-refractivity contribution in [2.24, 2.45) is 5.92 Å². The zero-order valence-corrected chi connectivity index (χ0v) is 24.6.